The maximum atomic E-state index is 12.4. The highest BCUT2D eigenvalue weighted by Crippen LogP contribution is 2.33. The van der Waals surface area contributed by atoms with Gasteiger partial charge in [-0.15, -0.1) is 0 Å². The molecule has 22 heavy (non-hydrogen) atoms. The van der Waals surface area contributed by atoms with Crippen LogP contribution >= 0.6 is 0 Å². The van der Waals surface area contributed by atoms with Gasteiger partial charge in [0.15, 0.2) is 0 Å². The molecule has 1 aromatic rings. The summed E-state index contributed by atoms with van der Waals surface area (Å²) in [4.78, 5) is 18.2. The highest BCUT2D eigenvalue weighted by Gasteiger charge is 2.45. The Kier molecular flexibility index (Phi) is 4.16. The molecule has 0 saturated carbocycles. The van der Waals surface area contributed by atoms with Crippen molar-refractivity contribution in [1.82, 2.24) is 14.6 Å². The van der Waals surface area contributed by atoms with Gasteiger partial charge in [0, 0.05) is 37.7 Å². The minimum atomic E-state index is -3.21. The van der Waals surface area contributed by atoms with Gasteiger partial charge in [0.2, 0.25) is 10.0 Å². The predicted octanol–water partition coefficient (Wildman–Crippen LogP) is -0.282. The van der Waals surface area contributed by atoms with Gasteiger partial charge in [-0.3, -0.25) is 9.78 Å². The summed E-state index contributed by atoms with van der Waals surface area (Å²) in [6.07, 6.45) is 2.73. The van der Waals surface area contributed by atoms with Gasteiger partial charge in [0.1, 0.15) is 5.69 Å². The van der Waals surface area contributed by atoms with Crippen molar-refractivity contribution in [2.24, 2.45) is 11.8 Å². The fourth-order valence-electron chi connectivity index (χ4n) is 3.08. The second-order valence-electron chi connectivity index (χ2n) is 5.84. The standard InChI is InChI=1S/C14H19N3O4S/c1-22(19,20)16-6-10-9-21-13-8-17(7-11(10)13)14(18)12-4-2-3-5-15-12/h2-5,10-11,13,16H,6-9H2,1H3/t10-,11-,13-/m1/s1. The number of hydrogen-bond donors (Lipinski definition) is 1. The fourth-order valence-corrected chi connectivity index (χ4v) is 3.60. The zero-order valence-corrected chi connectivity index (χ0v) is 13.1. The summed E-state index contributed by atoms with van der Waals surface area (Å²) in [6, 6.07) is 5.25. The normalized spacial score (nSPS) is 27.9. The van der Waals surface area contributed by atoms with Crippen molar-refractivity contribution in [2.45, 2.75) is 6.10 Å². The molecule has 0 bridgehead atoms. The Morgan fingerprint density at radius 1 is 1.45 bits per heavy atom. The number of pyridine rings is 1. The molecular formula is C14H19N3O4S. The van der Waals surface area contributed by atoms with Crippen LogP contribution in [0.3, 0.4) is 0 Å². The van der Waals surface area contributed by atoms with E-state index in [4.69, 9.17) is 4.74 Å². The van der Waals surface area contributed by atoms with Crippen LogP contribution in [0.5, 0.6) is 0 Å². The van der Waals surface area contributed by atoms with Gasteiger partial charge in [0.25, 0.3) is 5.91 Å². The van der Waals surface area contributed by atoms with E-state index in [0.29, 0.717) is 31.9 Å². The molecular weight excluding hydrogens is 306 g/mol. The molecule has 1 N–H and O–H groups in total. The van der Waals surface area contributed by atoms with Crippen molar-refractivity contribution in [1.29, 1.82) is 0 Å². The predicted molar refractivity (Wildman–Crippen MR) is 79.7 cm³/mol. The van der Waals surface area contributed by atoms with Gasteiger partial charge in [-0.05, 0) is 12.1 Å². The minimum Gasteiger partial charge on any atom is -0.376 e. The summed E-state index contributed by atoms with van der Waals surface area (Å²) in [7, 11) is -3.21. The van der Waals surface area contributed by atoms with E-state index in [-0.39, 0.29) is 23.8 Å². The number of fused-ring (bicyclic) bond motifs is 1. The van der Waals surface area contributed by atoms with Crippen molar-refractivity contribution >= 4 is 15.9 Å². The van der Waals surface area contributed by atoms with Crippen LogP contribution in [0.4, 0.5) is 0 Å². The zero-order chi connectivity index (χ0) is 15.7. The van der Waals surface area contributed by atoms with Gasteiger partial charge in [-0.1, -0.05) is 6.07 Å². The quantitative estimate of drug-likeness (QED) is 0.822. The van der Waals surface area contributed by atoms with Crippen molar-refractivity contribution in [3.05, 3.63) is 30.1 Å². The molecule has 2 saturated heterocycles. The molecule has 2 aliphatic heterocycles. The Morgan fingerprint density at radius 3 is 2.95 bits per heavy atom. The molecule has 8 heteroatoms. The van der Waals surface area contributed by atoms with Crippen LogP contribution in [0.2, 0.25) is 0 Å². The molecule has 2 aliphatic rings. The first-order valence-electron chi connectivity index (χ1n) is 7.20. The molecule has 0 unspecified atom stereocenters. The third kappa shape index (κ3) is 3.29. The first-order chi connectivity index (χ1) is 10.4. The van der Waals surface area contributed by atoms with Crippen molar-refractivity contribution in [3.63, 3.8) is 0 Å². The topological polar surface area (TPSA) is 88.6 Å². The number of ether oxygens (including phenoxy) is 1. The Balaban J connectivity index is 1.63. The molecule has 0 radical (unpaired) electrons. The fraction of sp³-hybridized carbons (Fsp3) is 0.571. The third-order valence-corrected chi connectivity index (χ3v) is 4.91. The van der Waals surface area contributed by atoms with Crippen molar-refractivity contribution in [3.8, 4) is 0 Å². The number of likely N-dealkylation sites (tertiary alicyclic amines) is 1. The summed E-state index contributed by atoms with van der Waals surface area (Å²) in [5, 5.41) is 0. The SMILES string of the molecule is CS(=O)(=O)NC[C@@H]1CO[C@@H]2CN(C(=O)c3ccccn3)C[C@H]12. The molecule has 120 valence electrons. The van der Waals surface area contributed by atoms with Crippen LogP contribution in [0.15, 0.2) is 24.4 Å². The second-order valence-corrected chi connectivity index (χ2v) is 7.67. The molecule has 3 rings (SSSR count). The number of hydrogen-bond acceptors (Lipinski definition) is 5. The zero-order valence-electron chi connectivity index (χ0n) is 12.3. The van der Waals surface area contributed by atoms with E-state index < -0.39 is 10.0 Å². The average Bonchev–Trinajstić information content (AvgIpc) is 3.05. The lowest BCUT2D eigenvalue weighted by Gasteiger charge is -2.19. The molecule has 0 spiro atoms. The molecule has 0 aromatic carbocycles. The van der Waals surface area contributed by atoms with E-state index in [1.165, 1.54) is 0 Å². The van der Waals surface area contributed by atoms with Crippen LogP contribution in [0.1, 0.15) is 10.5 Å². The first kappa shape index (κ1) is 15.4. The minimum absolute atomic E-state index is 0.0148. The summed E-state index contributed by atoms with van der Waals surface area (Å²) in [5.74, 6) is 0.164. The number of rotatable bonds is 4. The van der Waals surface area contributed by atoms with E-state index in [1.54, 1.807) is 29.3 Å². The van der Waals surface area contributed by atoms with E-state index >= 15 is 0 Å². The second kappa shape index (κ2) is 5.94. The number of nitrogens with one attached hydrogen (secondary N) is 1. The number of aromatic nitrogens is 1. The van der Waals surface area contributed by atoms with E-state index in [2.05, 4.69) is 9.71 Å². The lowest BCUT2D eigenvalue weighted by Crippen LogP contribution is -2.35. The van der Waals surface area contributed by atoms with Crippen LogP contribution in [0.25, 0.3) is 0 Å². The number of amides is 1. The number of carbonyl (C=O) groups is 1. The summed E-state index contributed by atoms with van der Waals surface area (Å²) in [6.45, 7) is 2.00. The number of nitrogens with zero attached hydrogens (tertiary/aromatic N) is 2. The molecule has 1 amide bonds. The highest BCUT2D eigenvalue weighted by molar-refractivity contribution is 7.88. The Labute approximate surface area is 129 Å². The maximum absolute atomic E-state index is 12.4. The van der Waals surface area contributed by atoms with Crippen LogP contribution < -0.4 is 4.72 Å². The molecule has 1 aromatic heterocycles. The molecule has 0 aliphatic carbocycles. The summed E-state index contributed by atoms with van der Waals surface area (Å²) in [5.41, 5.74) is 0.424. The molecule has 7 nitrogen and oxygen atoms in total. The van der Waals surface area contributed by atoms with E-state index in [9.17, 15) is 13.2 Å². The largest absolute Gasteiger partial charge is 0.376 e. The lowest BCUT2D eigenvalue weighted by atomic mass is 9.93. The van der Waals surface area contributed by atoms with Crippen LogP contribution in [0, 0.1) is 11.8 Å². The lowest BCUT2D eigenvalue weighted by molar-refractivity contribution is 0.0674. The molecule has 3 heterocycles. The third-order valence-electron chi connectivity index (χ3n) is 4.22. The summed E-state index contributed by atoms with van der Waals surface area (Å²) < 4.78 is 30.7. The summed E-state index contributed by atoms with van der Waals surface area (Å²) >= 11 is 0. The van der Waals surface area contributed by atoms with Crippen molar-refractivity contribution < 1.29 is 17.9 Å². The van der Waals surface area contributed by atoms with Gasteiger partial charge in [0.05, 0.1) is 19.0 Å². The van der Waals surface area contributed by atoms with Crippen LogP contribution in [-0.4, -0.2) is 62.8 Å². The number of sulfonamides is 1. The molecule has 3 atom stereocenters. The van der Waals surface area contributed by atoms with Gasteiger partial charge in [-0.2, -0.15) is 0 Å². The van der Waals surface area contributed by atoms with E-state index in [0.717, 1.165) is 6.26 Å². The Hall–Kier alpha value is -1.51. The Bertz CT molecular complexity index is 649. The van der Waals surface area contributed by atoms with Gasteiger partial charge in [-0.25, -0.2) is 13.1 Å². The highest BCUT2D eigenvalue weighted by atomic mass is 32.2. The smallest absolute Gasteiger partial charge is 0.272 e. The molecule has 2 fully saturated rings. The van der Waals surface area contributed by atoms with E-state index in [1.807, 2.05) is 0 Å². The number of carbonyl (C=O) groups excluding carboxylic acids is 1. The van der Waals surface area contributed by atoms with Crippen LogP contribution in [-0.2, 0) is 14.8 Å². The Morgan fingerprint density at radius 2 is 2.27 bits per heavy atom. The maximum Gasteiger partial charge on any atom is 0.272 e. The van der Waals surface area contributed by atoms with Gasteiger partial charge >= 0.3 is 0 Å². The monoisotopic (exact) mass is 325 g/mol. The van der Waals surface area contributed by atoms with Gasteiger partial charge < -0.3 is 9.64 Å². The van der Waals surface area contributed by atoms with Crippen molar-refractivity contribution in [2.75, 3.05) is 32.5 Å². The first-order valence-corrected chi connectivity index (χ1v) is 9.10. The average molecular weight is 325 g/mol.